The van der Waals surface area contributed by atoms with E-state index in [4.69, 9.17) is 0 Å². The van der Waals surface area contributed by atoms with Crippen LogP contribution in [0.3, 0.4) is 0 Å². The highest BCUT2D eigenvalue weighted by molar-refractivity contribution is 5.78. The molecule has 1 N–H and O–H groups in total. The number of allylic oxidation sites excluding steroid dienone is 1. The number of rotatable bonds is 3. The number of halogens is 4. The third-order valence-corrected chi connectivity index (χ3v) is 3.89. The third-order valence-electron chi connectivity index (χ3n) is 3.89. The smallest absolute Gasteiger partial charge is 0.352 e. The Morgan fingerprint density at radius 3 is 2.50 bits per heavy atom. The molecule has 1 aromatic rings. The predicted molar refractivity (Wildman–Crippen MR) is 74.3 cm³/mol. The number of carbonyl (C=O) groups excluding carboxylic acids is 1. The number of hydrogen-bond donors (Lipinski definition) is 1. The van der Waals surface area contributed by atoms with E-state index >= 15 is 0 Å². The molecular formula is C16H17F4NO. The Balaban J connectivity index is 2.02. The lowest BCUT2D eigenvalue weighted by Crippen LogP contribution is -2.32. The molecule has 0 heterocycles. The minimum Gasteiger partial charge on any atom is -0.352 e. The van der Waals surface area contributed by atoms with Crippen molar-refractivity contribution in [2.45, 2.75) is 38.4 Å². The van der Waals surface area contributed by atoms with Gasteiger partial charge in [0.05, 0.1) is 5.56 Å². The number of nitrogens with one attached hydrogen (secondary N) is 1. The van der Waals surface area contributed by atoms with Crippen LogP contribution in [-0.2, 0) is 17.5 Å². The summed E-state index contributed by atoms with van der Waals surface area (Å²) >= 11 is 0. The fourth-order valence-corrected chi connectivity index (χ4v) is 2.58. The first-order valence-corrected chi connectivity index (χ1v) is 7.07. The van der Waals surface area contributed by atoms with Gasteiger partial charge in [-0.25, -0.2) is 4.39 Å². The van der Waals surface area contributed by atoms with Gasteiger partial charge in [-0.2, -0.15) is 13.2 Å². The second kappa shape index (κ2) is 6.50. The maximum atomic E-state index is 13.0. The Kier molecular flexibility index (Phi) is 4.88. The van der Waals surface area contributed by atoms with Crippen LogP contribution in [0.5, 0.6) is 0 Å². The molecule has 1 fully saturated rings. The molecule has 1 aliphatic carbocycles. The van der Waals surface area contributed by atoms with E-state index in [0.29, 0.717) is 18.9 Å². The molecule has 6 heteroatoms. The Bertz CT molecular complexity index is 570. The second-order valence-corrected chi connectivity index (χ2v) is 5.54. The fraction of sp³-hybridized carbons (Fsp3) is 0.438. The Morgan fingerprint density at radius 2 is 1.91 bits per heavy atom. The van der Waals surface area contributed by atoms with Gasteiger partial charge < -0.3 is 5.32 Å². The van der Waals surface area contributed by atoms with Gasteiger partial charge in [0, 0.05) is 12.5 Å². The topological polar surface area (TPSA) is 29.1 Å². The molecule has 1 saturated carbocycles. The largest absolute Gasteiger partial charge is 0.416 e. The quantitative estimate of drug-likeness (QED) is 0.657. The van der Waals surface area contributed by atoms with E-state index in [1.54, 1.807) is 0 Å². The van der Waals surface area contributed by atoms with Crippen LogP contribution in [0, 0.1) is 11.7 Å². The Labute approximate surface area is 126 Å². The highest BCUT2D eigenvalue weighted by Crippen LogP contribution is 2.33. The van der Waals surface area contributed by atoms with Crippen molar-refractivity contribution in [2.75, 3.05) is 0 Å². The van der Waals surface area contributed by atoms with Gasteiger partial charge in [0.25, 0.3) is 0 Å². The van der Waals surface area contributed by atoms with Gasteiger partial charge in [-0.1, -0.05) is 18.2 Å². The summed E-state index contributed by atoms with van der Waals surface area (Å²) in [7, 11) is 0. The first-order chi connectivity index (χ1) is 10.3. The zero-order chi connectivity index (χ0) is 16.3. The summed E-state index contributed by atoms with van der Waals surface area (Å²) < 4.78 is 51.6. The average molecular weight is 315 g/mol. The molecule has 2 nitrogen and oxygen atoms in total. The lowest BCUT2D eigenvalue weighted by molar-refractivity contribution is -0.138. The van der Waals surface area contributed by atoms with Crippen molar-refractivity contribution in [3.05, 3.63) is 47.3 Å². The van der Waals surface area contributed by atoms with Crippen LogP contribution in [0.4, 0.5) is 17.6 Å². The Hall–Kier alpha value is -1.85. The molecule has 1 aliphatic rings. The predicted octanol–water partition coefficient (Wildman–Crippen LogP) is 4.21. The van der Waals surface area contributed by atoms with Crippen LogP contribution in [0.1, 0.15) is 36.8 Å². The SMILES string of the molecule is C=C1CCC(C(=O)NCc2ccc(F)cc2C(F)(F)F)CC1. The monoisotopic (exact) mass is 315 g/mol. The van der Waals surface area contributed by atoms with E-state index < -0.39 is 17.6 Å². The third kappa shape index (κ3) is 4.08. The summed E-state index contributed by atoms with van der Waals surface area (Å²) in [5.74, 6) is -1.40. The molecular weight excluding hydrogens is 298 g/mol. The van der Waals surface area contributed by atoms with Crippen molar-refractivity contribution in [2.24, 2.45) is 5.92 Å². The lowest BCUT2D eigenvalue weighted by Gasteiger charge is -2.23. The minimum absolute atomic E-state index is 0.137. The summed E-state index contributed by atoms with van der Waals surface area (Å²) in [5, 5.41) is 2.52. The lowest BCUT2D eigenvalue weighted by atomic mass is 9.86. The van der Waals surface area contributed by atoms with Crippen molar-refractivity contribution in [3.8, 4) is 0 Å². The van der Waals surface area contributed by atoms with E-state index in [9.17, 15) is 22.4 Å². The number of amides is 1. The van der Waals surface area contributed by atoms with Gasteiger partial charge in [0.2, 0.25) is 5.91 Å². The van der Waals surface area contributed by atoms with Crippen LogP contribution in [0.15, 0.2) is 30.4 Å². The first-order valence-electron chi connectivity index (χ1n) is 7.07. The van der Waals surface area contributed by atoms with Gasteiger partial charge in [0.1, 0.15) is 5.82 Å². The van der Waals surface area contributed by atoms with Crippen molar-refractivity contribution in [3.63, 3.8) is 0 Å². The summed E-state index contributed by atoms with van der Waals surface area (Å²) in [5.41, 5.74) is -0.0887. The summed E-state index contributed by atoms with van der Waals surface area (Å²) in [6.07, 6.45) is -1.78. The molecule has 0 aliphatic heterocycles. The zero-order valence-electron chi connectivity index (χ0n) is 12.0. The summed E-state index contributed by atoms with van der Waals surface area (Å²) in [6, 6.07) is 2.47. The van der Waals surface area contributed by atoms with E-state index in [1.807, 2.05) is 0 Å². The van der Waals surface area contributed by atoms with Gasteiger partial charge in [0.15, 0.2) is 0 Å². The summed E-state index contributed by atoms with van der Waals surface area (Å²) in [4.78, 5) is 12.0. The normalized spacial score (nSPS) is 16.6. The van der Waals surface area contributed by atoms with Crippen molar-refractivity contribution >= 4 is 5.91 Å². The van der Waals surface area contributed by atoms with Crippen LogP contribution < -0.4 is 5.32 Å². The molecule has 2 rings (SSSR count). The minimum atomic E-state index is -4.65. The van der Waals surface area contributed by atoms with E-state index in [1.165, 1.54) is 0 Å². The molecule has 1 aromatic carbocycles. The molecule has 0 unspecified atom stereocenters. The Morgan fingerprint density at radius 1 is 1.27 bits per heavy atom. The maximum Gasteiger partial charge on any atom is 0.416 e. The van der Waals surface area contributed by atoms with Gasteiger partial charge in [-0.05, 0) is 43.4 Å². The zero-order valence-corrected chi connectivity index (χ0v) is 12.0. The molecule has 120 valence electrons. The molecule has 0 atom stereocenters. The van der Waals surface area contributed by atoms with E-state index in [-0.39, 0.29) is 23.9 Å². The highest BCUT2D eigenvalue weighted by atomic mass is 19.4. The molecule has 1 amide bonds. The number of alkyl halides is 3. The first kappa shape index (κ1) is 16.5. The van der Waals surface area contributed by atoms with Gasteiger partial charge >= 0.3 is 6.18 Å². The van der Waals surface area contributed by atoms with Crippen molar-refractivity contribution in [1.29, 1.82) is 0 Å². The van der Waals surface area contributed by atoms with Crippen LogP contribution in [-0.4, -0.2) is 5.91 Å². The molecule has 0 radical (unpaired) electrons. The maximum absolute atomic E-state index is 13.0. The number of hydrogen-bond acceptors (Lipinski definition) is 1. The summed E-state index contributed by atoms with van der Waals surface area (Å²) in [6.45, 7) is 3.60. The number of benzene rings is 1. The average Bonchev–Trinajstić information content (AvgIpc) is 2.45. The molecule has 0 spiro atoms. The molecule has 22 heavy (non-hydrogen) atoms. The van der Waals surface area contributed by atoms with E-state index in [2.05, 4.69) is 11.9 Å². The molecule has 0 bridgehead atoms. The standard InChI is InChI=1S/C16H17F4NO/c1-10-2-4-11(5-3-10)15(22)21-9-12-6-7-13(17)8-14(12)16(18,19)20/h6-8,11H,1-5,9H2,(H,21,22). The second-order valence-electron chi connectivity index (χ2n) is 5.54. The molecule has 0 saturated heterocycles. The van der Waals surface area contributed by atoms with E-state index in [0.717, 1.165) is 30.5 Å². The highest BCUT2D eigenvalue weighted by Gasteiger charge is 2.34. The molecule has 0 aromatic heterocycles. The van der Waals surface area contributed by atoms with Crippen molar-refractivity contribution < 1.29 is 22.4 Å². The van der Waals surface area contributed by atoms with Gasteiger partial charge in [-0.15, -0.1) is 0 Å². The van der Waals surface area contributed by atoms with Crippen LogP contribution in [0.25, 0.3) is 0 Å². The van der Waals surface area contributed by atoms with Crippen LogP contribution >= 0.6 is 0 Å². The van der Waals surface area contributed by atoms with Gasteiger partial charge in [-0.3, -0.25) is 4.79 Å². The fourth-order valence-electron chi connectivity index (χ4n) is 2.58. The van der Waals surface area contributed by atoms with Crippen molar-refractivity contribution in [1.82, 2.24) is 5.32 Å². The number of carbonyl (C=O) groups is 1. The van der Waals surface area contributed by atoms with Crippen LogP contribution in [0.2, 0.25) is 0 Å².